The topological polar surface area (TPSA) is 54.0 Å². The molecule has 4 aromatic rings. The molecule has 5 heteroatoms. The van der Waals surface area contributed by atoms with E-state index in [1.54, 1.807) is 18.5 Å². The number of carbonyl (C=O) groups is 1. The minimum absolute atomic E-state index is 0.163. The van der Waals surface area contributed by atoms with Crippen LogP contribution in [0.25, 0.3) is 10.8 Å². The van der Waals surface area contributed by atoms with E-state index < -0.39 is 0 Å². The first-order valence-electron chi connectivity index (χ1n) is 9.43. The monoisotopic (exact) mass is 401 g/mol. The fraction of sp³-hybridized carbons (Fsp3) is 0.0833. The molecule has 0 saturated carbocycles. The first-order chi connectivity index (χ1) is 14.2. The Hall–Kier alpha value is -3.37. The highest BCUT2D eigenvalue weighted by molar-refractivity contribution is 6.36. The number of carbonyl (C=O) groups excluding carboxylic acids is 1. The summed E-state index contributed by atoms with van der Waals surface area (Å²) in [5.74, 6) is -0.163. The van der Waals surface area contributed by atoms with Gasteiger partial charge in [-0.3, -0.25) is 9.78 Å². The number of nitrogens with zero attached hydrogens (tertiary/aromatic N) is 1. The fourth-order valence-electron chi connectivity index (χ4n) is 3.29. The summed E-state index contributed by atoms with van der Waals surface area (Å²) in [6, 6.07) is 22.9. The maximum atomic E-state index is 13.0. The molecule has 144 valence electrons. The lowest BCUT2D eigenvalue weighted by Gasteiger charge is -2.14. The van der Waals surface area contributed by atoms with Crippen molar-refractivity contribution < 1.29 is 4.79 Å². The van der Waals surface area contributed by atoms with Crippen LogP contribution >= 0.6 is 11.6 Å². The average Bonchev–Trinajstić information content (AvgIpc) is 2.77. The molecule has 2 N–H and O–H groups in total. The summed E-state index contributed by atoms with van der Waals surface area (Å²) in [7, 11) is 0. The lowest BCUT2D eigenvalue weighted by Crippen LogP contribution is -2.16. The molecule has 0 bridgehead atoms. The standard InChI is InChI=1S/C24H20ClN3O/c25-21-9-10-23(19-6-2-1-5-18(19)21)28-24(29)20-7-3-4-8-22(20)27-16-13-17-11-14-26-15-12-17/h1-12,14-15,27H,13,16H2,(H,28,29). The molecule has 0 spiro atoms. The van der Waals surface area contributed by atoms with Crippen molar-refractivity contribution in [2.45, 2.75) is 6.42 Å². The van der Waals surface area contributed by atoms with E-state index >= 15 is 0 Å². The highest BCUT2D eigenvalue weighted by Crippen LogP contribution is 2.30. The Balaban J connectivity index is 1.52. The Morgan fingerprint density at radius 2 is 1.55 bits per heavy atom. The lowest BCUT2D eigenvalue weighted by atomic mass is 10.1. The van der Waals surface area contributed by atoms with Gasteiger partial charge in [0, 0.05) is 46.1 Å². The zero-order valence-electron chi connectivity index (χ0n) is 15.7. The predicted octanol–water partition coefficient (Wildman–Crippen LogP) is 5.80. The molecule has 29 heavy (non-hydrogen) atoms. The third-order valence-electron chi connectivity index (χ3n) is 4.77. The molecule has 0 atom stereocenters. The van der Waals surface area contributed by atoms with Crippen molar-refractivity contribution in [3.05, 3.63) is 101 Å². The summed E-state index contributed by atoms with van der Waals surface area (Å²) >= 11 is 6.29. The van der Waals surface area contributed by atoms with Crippen molar-refractivity contribution in [2.75, 3.05) is 17.2 Å². The van der Waals surface area contributed by atoms with E-state index in [1.807, 2.05) is 66.7 Å². The van der Waals surface area contributed by atoms with E-state index in [1.165, 1.54) is 5.56 Å². The Kier molecular flexibility index (Phi) is 5.73. The lowest BCUT2D eigenvalue weighted by molar-refractivity contribution is 0.102. The number of para-hydroxylation sites is 1. The second kappa shape index (κ2) is 8.76. The van der Waals surface area contributed by atoms with Crippen LogP contribution in [0.3, 0.4) is 0 Å². The number of amides is 1. The second-order valence-electron chi connectivity index (χ2n) is 6.67. The van der Waals surface area contributed by atoms with Crippen molar-refractivity contribution in [1.82, 2.24) is 4.98 Å². The van der Waals surface area contributed by atoms with Gasteiger partial charge < -0.3 is 10.6 Å². The Morgan fingerprint density at radius 1 is 0.828 bits per heavy atom. The van der Waals surface area contributed by atoms with E-state index in [9.17, 15) is 4.79 Å². The van der Waals surface area contributed by atoms with Gasteiger partial charge in [-0.2, -0.15) is 0 Å². The van der Waals surface area contributed by atoms with Gasteiger partial charge in [0.25, 0.3) is 5.91 Å². The molecule has 3 aromatic carbocycles. The Bertz CT molecular complexity index is 1150. The maximum absolute atomic E-state index is 13.0. The summed E-state index contributed by atoms with van der Waals surface area (Å²) in [5.41, 5.74) is 3.34. The number of anilines is 2. The van der Waals surface area contributed by atoms with Gasteiger partial charge >= 0.3 is 0 Å². The van der Waals surface area contributed by atoms with Crippen LogP contribution in [0, 0.1) is 0 Å². The molecule has 0 aliphatic rings. The molecule has 1 amide bonds. The summed E-state index contributed by atoms with van der Waals surface area (Å²) in [6.45, 7) is 0.720. The molecule has 1 aromatic heterocycles. The van der Waals surface area contributed by atoms with Crippen LogP contribution in [0.2, 0.25) is 5.02 Å². The Labute approximate surface area is 174 Å². The normalized spacial score (nSPS) is 10.7. The van der Waals surface area contributed by atoms with Gasteiger partial charge in [0.2, 0.25) is 0 Å². The number of rotatable bonds is 6. The largest absolute Gasteiger partial charge is 0.384 e. The van der Waals surface area contributed by atoms with Crippen molar-refractivity contribution in [2.24, 2.45) is 0 Å². The van der Waals surface area contributed by atoms with Gasteiger partial charge in [-0.15, -0.1) is 0 Å². The van der Waals surface area contributed by atoms with Crippen LogP contribution in [0.4, 0.5) is 11.4 Å². The number of hydrogen-bond donors (Lipinski definition) is 2. The Morgan fingerprint density at radius 3 is 2.38 bits per heavy atom. The molecule has 4 nitrogen and oxygen atoms in total. The fourth-order valence-corrected chi connectivity index (χ4v) is 3.51. The van der Waals surface area contributed by atoms with Gasteiger partial charge in [0.05, 0.1) is 5.56 Å². The van der Waals surface area contributed by atoms with E-state index in [0.29, 0.717) is 10.6 Å². The number of fused-ring (bicyclic) bond motifs is 1. The van der Waals surface area contributed by atoms with Crippen molar-refractivity contribution in [1.29, 1.82) is 0 Å². The second-order valence-corrected chi connectivity index (χ2v) is 7.08. The minimum Gasteiger partial charge on any atom is -0.384 e. The quantitative estimate of drug-likeness (QED) is 0.429. The average molecular weight is 402 g/mol. The zero-order chi connectivity index (χ0) is 20.1. The van der Waals surface area contributed by atoms with Gasteiger partial charge in [0.1, 0.15) is 0 Å². The van der Waals surface area contributed by atoms with Crippen molar-refractivity contribution in [3.8, 4) is 0 Å². The van der Waals surface area contributed by atoms with E-state index in [4.69, 9.17) is 11.6 Å². The SMILES string of the molecule is O=C(Nc1ccc(Cl)c2ccccc12)c1ccccc1NCCc1ccncc1. The van der Waals surface area contributed by atoms with Crippen molar-refractivity contribution in [3.63, 3.8) is 0 Å². The molecule has 0 fully saturated rings. The van der Waals surface area contributed by atoms with Crippen LogP contribution in [-0.4, -0.2) is 17.4 Å². The van der Waals surface area contributed by atoms with Crippen molar-refractivity contribution >= 4 is 39.7 Å². The minimum atomic E-state index is -0.163. The molecular formula is C24H20ClN3O. The molecule has 0 unspecified atom stereocenters. The summed E-state index contributed by atoms with van der Waals surface area (Å²) in [4.78, 5) is 17.0. The first kappa shape index (κ1) is 19.0. The van der Waals surface area contributed by atoms with Gasteiger partial charge in [-0.1, -0.05) is 48.0 Å². The summed E-state index contributed by atoms with van der Waals surface area (Å²) in [5, 5.41) is 8.89. The van der Waals surface area contributed by atoms with Crippen LogP contribution in [0.15, 0.2) is 85.2 Å². The third kappa shape index (κ3) is 4.39. The summed E-state index contributed by atoms with van der Waals surface area (Å²) < 4.78 is 0. The van der Waals surface area contributed by atoms with Gasteiger partial charge in [-0.25, -0.2) is 0 Å². The summed E-state index contributed by atoms with van der Waals surface area (Å²) in [6.07, 6.45) is 4.42. The number of nitrogens with one attached hydrogen (secondary N) is 2. The highest BCUT2D eigenvalue weighted by Gasteiger charge is 2.13. The molecule has 0 aliphatic carbocycles. The molecule has 4 rings (SSSR count). The number of aromatic nitrogens is 1. The van der Waals surface area contributed by atoms with Crippen LogP contribution in [-0.2, 0) is 6.42 Å². The van der Waals surface area contributed by atoms with E-state index in [2.05, 4.69) is 15.6 Å². The maximum Gasteiger partial charge on any atom is 0.257 e. The molecule has 0 radical (unpaired) electrons. The number of halogens is 1. The number of pyridine rings is 1. The van der Waals surface area contributed by atoms with Crippen LogP contribution < -0.4 is 10.6 Å². The van der Waals surface area contributed by atoms with Crippen LogP contribution in [0.5, 0.6) is 0 Å². The van der Waals surface area contributed by atoms with E-state index in [-0.39, 0.29) is 5.91 Å². The van der Waals surface area contributed by atoms with Gasteiger partial charge in [0.15, 0.2) is 0 Å². The van der Waals surface area contributed by atoms with E-state index in [0.717, 1.165) is 35.1 Å². The molecule has 1 heterocycles. The molecular weight excluding hydrogens is 382 g/mol. The van der Waals surface area contributed by atoms with Gasteiger partial charge in [-0.05, 0) is 48.4 Å². The molecule has 0 saturated heterocycles. The van der Waals surface area contributed by atoms with Crippen LogP contribution in [0.1, 0.15) is 15.9 Å². The predicted molar refractivity (Wildman–Crippen MR) is 120 cm³/mol. The highest BCUT2D eigenvalue weighted by atomic mass is 35.5. The smallest absolute Gasteiger partial charge is 0.257 e. The number of hydrogen-bond acceptors (Lipinski definition) is 3. The number of benzene rings is 3. The zero-order valence-corrected chi connectivity index (χ0v) is 16.5. The molecule has 0 aliphatic heterocycles. The first-order valence-corrected chi connectivity index (χ1v) is 9.80. The third-order valence-corrected chi connectivity index (χ3v) is 5.10.